The first-order chi connectivity index (χ1) is 12.6. The van der Waals surface area contributed by atoms with Crippen molar-refractivity contribution in [1.82, 2.24) is 4.98 Å². The first-order valence-electron chi connectivity index (χ1n) is 8.15. The van der Waals surface area contributed by atoms with Crippen molar-refractivity contribution in [3.63, 3.8) is 0 Å². The largest absolute Gasteiger partial charge is 0.493 e. The summed E-state index contributed by atoms with van der Waals surface area (Å²) in [5.74, 6) is 1.28. The highest BCUT2D eigenvalue weighted by atomic mass is 127. The predicted molar refractivity (Wildman–Crippen MR) is 117 cm³/mol. The number of rotatable bonds is 6. The maximum Gasteiger partial charge on any atom is 0.193 e. The molecule has 4 N–H and O–H groups in total. The number of aliphatic imine (C=N–C) groups is 1. The average molecular weight is 484 g/mol. The number of methoxy groups -OCH3 is 2. The molecule has 0 radical (unpaired) electrons. The van der Waals surface area contributed by atoms with Gasteiger partial charge in [-0.2, -0.15) is 0 Å². The summed E-state index contributed by atoms with van der Waals surface area (Å²) in [7, 11) is 3.15. The fourth-order valence-corrected chi connectivity index (χ4v) is 2.76. The summed E-state index contributed by atoms with van der Waals surface area (Å²) in [6.45, 7) is 0.482. The van der Waals surface area contributed by atoms with Crippen LogP contribution >= 0.6 is 24.0 Å². The lowest BCUT2D eigenvalue weighted by molar-refractivity contribution is 0.355. The number of fused-ring (bicyclic) bond motifs is 1. The Balaban J connectivity index is 0.00000261. The van der Waals surface area contributed by atoms with Crippen molar-refractivity contribution in [2.45, 2.75) is 6.42 Å². The molecule has 0 atom stereocenters. The molecule has 0 saturated carbocycles. The van der Waals surface area contributed by atoms with Gasteiger partial charge in [-0.15, -0.1) is 24.0 Å². The highest BCUT2D eigenvalue weighted by Gasteiger charge is 2.06. The quantitative estimate of drug-likeness (QED) is 0.282. The van der Waals surface area contributed by atoms with E-state index in [2.05, 4.69) is 15.3 Å². The standard InChI is InChI=1S/C19H21FN4O2.HI/c1-25-17-6-4-14(10-18(17)26-2)24-19(21)22-8-7-12-11-23-16-5-3-13(20)9-15(12)16;/h3-6,9-11,23H,7-8H2,1-2H3,(H3,21,22,24);1H. The van der Waals surface area contributed by atoms with Gasteiger partial charge in [0, 0.05) is 35.4 Å². The maximum atomic E-state index is 13.4. The summed E-state index contributed by atoms with van der Waals surface area (Å²) < 4.78 is 23.9. The number of aromatic nitrogens is 1. The molecule has 0 aliphatic rings. The van der Waals surface area contributed by atoms with E-state index >= 15 is 0 Å². The van der Waals surface area contributed by atoms with Crippen molar-refractivity contribution in [2.24, 2.45) is 10.7 Å². The molecule has 8 heteroatoms. The van der Waals surface area contributed by atoms with Crippen LogP contribution in [0, 0.1) is 5.82 Å². The summed E-state index contributed by atoms with van der Waals surface area (Å²) in [6.07, 6.45) is 2.52. The number of halogens is 2. The van der Waals surface area contributed by atoms with Crippen LogP contribution in [0.2, 0.25) is 0 Å². The molecule has 3 aromatic rings. The van der Waals surface area contributed by atoms with E-state index in [4.69, 9.17) is 15.2 Å². The zero-order valence-electron chi connectivity index (χ0n) is 15.1. The van der Waals surface area contributed by atoms with Crippen LogP contribution in [-0.4, -0.2) is 31.7 Å². The predicted octanol–water partition coefficient (Wildman–Crippen LogP) is 3.91. The van der Waals surface area contributed by atoms with Gasteiger partial charge < -0.3 is 25.5 Å². The lowest BCUT2D eigenvalue weighted by Gasteiger charge is -2.10. The van der Waals surface area contributed by atoms with Gasteiger partial charge in [0.25, 0.3) is 0 Å². The third kappa shape index (κ3) is 5.03. The first-order valence-corrected chi connectivity index (χ1v) is 8.15. The number of benzene rings is 2. The van der Waals surface area contributed by atoms with Crippen LogP contribution in [0.5, 0.6) is 11.5 Å². The monoisotopic (exact) mass is 484 g/mol. The van der Waals surface area contributed by atoms with Crippen molar-refractivity contribution in [1.29, 1.82) is 0 Å². The molecule has 27 heavy (non-hydrogen) atoms. The summed E-state index contributed by atoms with van der Waals surface area (Å²) in [5, 5.41) is 3.89. The zero-order chi connectivity index (χ0) is 18.5. The second-order valence-corrected chi connectivity index (χ2v) is 5.72. The van der Waals surface area contributed by atoms with E-state index in [0.717, 1.165) is 22.2 Å². The van der Waals surface area contributed by atoms with Crippen LogP contribution in [0.1, 0.15) is 5.56 Å². The molecule has 0 unspecified atom stereocenters. The second kappa shape index (κ2) is 9.45. The molecular weight excluding hydrogens is 462 g/mol. The number of hydrogen-bond acceptors (Lipinski definition) is 3. The normalized spacial score (nSPS) is 11.1. The van der Waals surface area contributed by atoms with Crippen molar-refractivity contribution in [3.8, 4) is 11.5 Å². The summed E-state index contributed by atoms with van der Waals surface area (Å²) >= 11 is 0. The maximum absolute atomic E-state index is 13.4. The van der Waals surface area contributed by atoms with E-state index in [1.165, 1.54) is 12.1 Å². The van der Waals surface area contributed by atoms with Gasteiger partial charge in [0.15, 0.2) is 17.5 Å². The molecule has 2 aromatic carbocycles. The van der Waals surface area contributed by atoms with Crippen molar-refractivity contribution < 1.29 is 13.9 Å². The lowest BCUT2D eigenvalue weighted by atomic mass is 10.1. The Hall–Kier alpha value is -2.49. The summed E-state index contributed by atoms with van der Waals surface area (Å²) in [6, 6.07) is 10.1. The number of guanidine groups is 1. The number of nitrogens with one attached hydrogen (secondary N) is 2. The highest BCUT2D eigenvalue weighted by Crippen LogP contribution is 2.29. The van der Waals surface area contributed by atoms with Crippen LogP contribution in [0.4, 0.5) is 10.1 Å². The van der Waals surface area contributed by atoms with Crippen molar-refractivity contribution in [3.05, 3.63) is 54.0 Å². The molecule has 0 aliphatic carbocycles. The molecule has 0 saturated heterocycles. The van der Waals surface area contributed by atoms with Crippen LogP contribution in [0.3, 0.4) is 0 Å². The number of nitrogens with zero attached hydrogens (tertiary/aromatic N) is 1. The molecule has 0 amide bonds. The molecule has 3 rings (SSSR count). The van der Waals surface area contributed by atoms with E-state index in [9.17, 15) is 4.39 Å². The third-order valence-electron chi connectivity index (χ3n) is 4.05. The van der Waals surface area contributed by atoms with Crippen molar-refractivity contribution >= 4 is 46.5 Å². The molecule has 6 nitrogen and oxygen atoms in total. The molecule has 1 aromatic heterocycles. The van der Waals surface area contributed by atoms with Gasteiger partial charge in [0.2, 0.25) is 0 Å². The molecule has 0 bridgehead atoms. The van der Waals surface area contributed by atoms with Gasteiger partial charge >= 0.3 is 0 Å². The Morgan fingerprint density at radius 2 is 1.93 bits per heavy atom. The number of nitrogens with two attached hydrogens (primary N) is 1. The Morgan fingerprint density at radius 3 is 2.67 bits per heavy atom. The SMILES string of the molecule is COc1ccc(NC(N)=NCCc2c[nH]c3ccc(F)cc23)cc1OC.I. The first kappa shape index (κ1) is 20.8. The Bertz CT molecular complexity index is 943. The molecule has 0 aliphatic heterocycles. The zero-order valence-corrected chi connectivity index (χ0v) is 17.4. The Morgan fingerprint density at radius 1 is 1.15 bits per heavy atom. The number of H-pyrrole nitrogens is 1. The Kier molecular flexibility index (Phi) is 7.28. The third-order valence-corrected chi connectivity index (χ3v) is 4.05. The number of aromatic amines is 1. The molecule has 0 fully saturated rings. The van der Waals surface area contributed by atoms with Gasteiger partial charge in [-0.05, 0) is 42.3 Å². The summed E-state index contributed by atoms with van der Waals surface area (Å²) in [4.78, 5) is 7.45. The number of anilines is 1. The van der Waals surface area contributed by atoms with Crippen LogP contribution in [0.25, 0.3) is 10.9 Å². The Labute approximate surface area is 174 Å². The number of ether oxygens (including phenoxy) is 2. The van der Waals surface area contributed by atoms with E-state index in [1.807, 2.05) is 12.3 Å². The minimum absolute atomic E-state index is 0. The highest BCUT2D eigenvalue weighted by molar-refractivity contribution is 14.0. The van der Waals surface area contributed by atoms with Crippen LogP contribution < -0.4 is 20.5 Å². The minimum atomic E-state index is -0.253. The molecular formula is C19H22FIN4O2. The lowest BCUT2D eigenvalue weighted by Crippen LogP contribution is -2.23. The van der Waals surface area contributed by atoms with Gasteiger partial charge in [-0.1, -0.05) is 0 Å². The van der Waals surface area contributed by atoms with Gasteiger partial charge in [-0.3, -0.25) is 4.99 Å². The van der Waals surface area contributed by atoms with E-state index in [1.54, 1.807) is 32.4 Å². The second-order valence-electron chi connectivity index (χ2n) is 5.72. The average Bonchev–Trinajstić information content (AvgIpc) is 3.03. The van der Waals surface area contributed by atoms with Crippen LogP contribution in [0.15, 0.2) is 47.6 Å². The smallest absolute Gasteiger partial charge is 0.193 e. The van der Waals surface area contributed by atoms with Gasteiger partial charge in [0.05, 0.1) is 14.2 Å². The minimum Gasteiger partial charge on any atom is -0.493 e. The molecule has 1 heterocycles. The van der Waals surface area contributed by atoms with Crippen LogP contribution in [-0.2, 0) is 6.42 Å². The fourth-order valence-electron chi connectivity index (χ4n) is 2.76. The molecule has 0 spiro atoms. The van der Waals surface area contributed by atoms with Gasteiger partial charge in [-0.25, -0.2) is 4.39 Å². The summed E-state index contributed by atoms with van der Waals surface area (Å²) in [5.41, 5.74) is 8.60. The molecule has 144 valence electrons. The number of hydrogen-bond donors (Lipinski definition) is 3. The van der Waals surface area contributed by atoms with E-state index in [0.29, 0.717) is 30.4 Å². The fraction of sp³-hybridized carbons (Fsp3) is 0.211. The topological polar surface area (TPSA) is 84.7 Å². The van der Waals surface area contributed by atoms with E-state index in [-0.39, 0.29) is 29.8 Å². The van der Waals surface area contributed by atoms with Gasteiger partial charge in [0.1, 0.15) is 5.82 Å². The van der Waals surface area contributed by atoms with E-state index < -0.39 is 0 Å². The van der Waals surface area contributed by atoms with Crippen molar-refractivity contribution in [2.75, 3.05) is 26.1 Å².